The van der Waals surface area contributed by atoms with Crippen molar-refractivity contribution in [3.05, 3.63) is 48.3 Å². The zero-order chi connectivity index (χ0) is 19.7. The Morgan fingerprint density at radius 1 is 1.29 bits per heavy atom. The average Bonchev–Trinajstić information content (AvgIpc) is 3.26. The van der Waals surface area contributed by atoms with Gasteiger partial charge in [-0.25, -0.2) is 4.68 Å². The van der Waals surface area contributed by atoms with Gasteiger partial charge >= 0.3 is 0 Å². The minimum Gasteiger partial charge on any atom is -0.336 e. The van der Waals surface area contributed by atoms with E-state index >= 15 is 0 Å². The van der Waals surface area contributed by atoms with Gasteiger partial charge in [-0.15, -0.1) is 0 Å². The van der Waals surface area contributed by atoms with Gasteiger partial charge in [-0.05, 0) is 44.0 Å². The second kappa shape index (κ2) is 7.12. The lowest BCUT2D eigenvalue weighted by molar-refractivity contribution is -0.136. The Morgan fingerprint density at radius 3 is 2.75 bits per heavy atom. The lowest BCUT2D eigenvalue weighted by Gasteiger charge is -2.40. The zero-order valence-electron chi connectivity index (χ0n) is 15.9. The molecule has 2 fully saturated rings. The van der Waals surface area contributed by atoms with Crippen LogP contribution in [0.4, 0.5) is 0 Å². The number of nitriles is 1. The summed E-state index contributed by atoms with van der Waals surface area (Å²) in [7, 11) is 0. The first-order valence-electron chi connectivity index (χ1n) is 9.61. The summed E-state index contributed by atoms with van der Waals surface area (Å²) >= 11 is 0. The van der Waals surface area contributed by atoms with E-state index in [2.05, 4.69) is 11.2 Å². The molecule has 0 spiro atoms. The Bertz CT molecular complexity index is 927. The van der Waals surface area contributed by atoms with Gasteiger partial charge in [0.25, 0.3) is 5.91 Å². The molecule has 1 aliphatic carbocycles. The first kappa shape index (κ1) is 18.2. The fourth-order valence-corrected chi connectivity index (χ4v) is 3.77. The van der Waals surface area contributed by atoms with E-state index in [1.165, 1.54) is 0 Å². The van der Waals surface area contributed by atoms with E-state index in [1.807, 2.05) is 42.3 Å². The molecule has 1 atom stereocenters. The molecule has 0 radical (unpaired) electrons. The van der Waals surface area contributed by atoms with Gasteiger partial charge in [0, 0.05) is 50.1 Å². The highest BCUT2D eigenvalue weighted by molar-refractivity contribution is 5.95. The molecule has 2 aliphatic rings. The molecule has 1 unspecified atom stereocenters. The van der Waals surface area contributed by atoms with Crippen LogP contribution < -0.4 is 0 Å². The molecule has 0 N–H and O–H groups in total. The molecule has 1 aromatic heterocycles. The fourth-order valence-electron chi connectivity index (χ4n) is 3.77. The summed E-state index contributed by atoms with van der Waals surface area (Å²) in [5.74, 6) is -0.0111. The topological polar surface area (TPSA) is 82.2 Å². The Balaban J connectivity index is 1.41. The van der Waals surface area contributed by atoms with Crippen molar-refractivity contribution in [3.8, 4) is 11.8 Å². The summed E-state index contributed by atoms with van der Waals surface area (Å²) in [6, 6.07) is 11.5. The van der Waals surface area contributed by atoms with Gasteiger partial charge in [-0.3, -0.25) is 9.59 Å². The van der Waals surface area contributed by atoms with Crippen molar-refractivity contribution >= 4 is 11.8 Å². The Morgan fingerprint density at radius 2 is 2.11 bits per heavy atom. The van der Waals surface area contributed by atoms with E-state index in [9.17, 15) is 14.9 Å². The van der Waals surface area contributed by atoms with Crippen molar-refractivity contribution in [1.29, 1.82) is 5.26 Å². The zero-order valence-corrected chi connectivity index (χ0v) is 15.9. The third kappa shape index (κ3) is 3.50. The lowest BCUT2D eigenvalue weighted by Crippen LogP contribution is -2.55. The summed E-state index contributed by atoms with van der Waals surface area (Å²) in [4.78, 5) is 29.2. The lowest BCUT2D eigenvalue weighted by atomic mass is 10.0. The van der Waals surface area contributed by atoms with E-state index in [0.29, 0.717) is 31.6 Å². The summed E-state index contributed by atoms with van der Waals surface area (Å²) < 4.78 is 1.72. The van der Waals surface area contributed by atoms with E-state index in [0.717, 1.165) is 18.5 Å². The third-order valence-corrected chi connectivity index (χ3v) is 5.68. The molecule has 1 saturated heterocycles. The van der Waals surface area contributed by atoms with Gasteiger partial charge in [-0.1, -0.05) is 6.07 Å². The maximum Gasteiger partial charge on any atom is 0.254 e. The number of carbonyl (C=O) groups is 2. The van der Waals surface area contributed by atoms with Crippen molar-refractivity contribution < 1.29 is 9.59 Å². The van der Waals surface area contributed by atoms with Gasteiger partial charge < -0.3 is 9.80 Å². The van der Waals surface area contributed by atoms with Gasteiger partial charge in [-0.2, -0.15) is 10.4 Å². The highest BCUT2D eigenvalue weighted by atomic mass is 16.2. The quantitative estimate of drug-likeness (QED) is 0.818. The van der Waals surface area contributed by atoms with Crippen molar-refractivity contribution in [1.82, 2.24) is 19.6 Å². The van der Waals surface area contributed by atoms with Crippen molar-refractivity contribution in [2.45, 2.75) is 32.2 Å². The molecular weight excluding hydrogens is 354 g/mol. The predicted molar refractivity (Wildman–Crippen MR) is 103 cm³/mol. The number of aromatic nitrogens is 2. The number of piperazine rings is 1. The SMILES string of the molecule is CC1CN(C(=O)c2cccc(-n3cccn3)c2)CCN1C(=O)CC1(C#N)CC1. The van der Waals surface area contributed by atoms with Crippen molar-refractivity contribution in [2.24, 2.45) is 5.41 Å². The Kier molecular flexibility index (Phi) is 4.63. The van der Waals surface area contributed by atoms with Crippen LogP contribution in [-0.2, 0) is 4.79 Å². The number of amides is 2. The minimum atomic E-state index is -0.434. The van der Waals surface area contributed by atoms with E-state index < -0.39 is 5.41 Å². The van der Waals surface area contributed by atoms with Crippen LogP contribution in [0.5, 0.6) is 0 Å². The van der Waals surface area contributed by atoms with Crippen molar-refractivity contribution in [3.63, 3.8) is 0 Å². The molecule has 0 bridgehead atoms. The maximum absolute atomic E-state index is 13.0. The van der Waals surface area contributed by atoms with Crippen molar-refractivity contribution in [2.75, 3.05) is 19.6 Å². The number of nitrogens with zero attached hydrogens (tertiary/aromatic N) is 5. The molecular formula is C21H23N5O2. The monoisotopic (exact) mass is 377 g/mol. The summed E-state index contributed by atoms with van der Waals surface area (Å²) in [6.07, 6.45) is 5.46. The van der Waals surface area contributed by atoms with Gasteiger partial charge in [0.05, 0.1) is 17.2 Å². The number of hydrogen-bond donors (Lipinski definition) is 0. The fraction of sp³-hybridized carbons (Fsp3) is 0.429. The first-order valence-corrected chi connectivity index (χ1v) is 9.61. The van der Waals surface area contributed by atoms with Gasteiger partial charge in [0.1, 0.15) is 0 Å². The molecule has 28 heavy (non-hydrogen) atoms. The first-order chi connectivity index (χ1) is 13.5. The summed E-state index contributed by atoms with van der Waals surface area (Å²) in [6.45, 7) is 3.46. The van der Waals surface area contributed by atoms with Crippen LogP contribution >= 0.6 is 0 Å². The Hall–Kier alpha value is -3.14. The maximum atomic E-state index is 13.0. The minimum absolute atomic E-state index is 0.0272. The molecule has 2 heterocycles. The highest BCUT2D eigenvalue weighted by Crippen LogP contribution is 2.48. The Labute approximate surface area is 164 Å². The van der Waals surface area contributed by atoms with E-state index in [-0.39, 0.29) is 17.9 Å². The number of hydrogen-bond acceptors (Lipinski definition) is 4. The van der Waals surface area contributed by atoms with Crippen LogP contribution in [-0.4, -0.2) is 57.1 Å². The molecule has 7 nitrogen and oxygen atoms in total. The van der Waals surface area contributed by atoms with Crippen LogP contribution in [0.25, 0.3) is 5.69 Å². The second-order valence-corrected chi connectivity index (χ2v) is 7.76. The van der Waals surface area contributed by atoms with Crippen LogP contribution in [0.15, 0.2) is 42.7 Å². The van der Waals surface area contributed by atoms with Gasteiger partial charge in [0.2, 0.25) is 5.91 Å². The van der Waals surface area contributed by atoms with E-state index in [1.54, 1.807) is 21.8 Å². The number of carbonyl (C=O) groups excluding carboxylic acids is 2. The van der Waals surface area contributed by atoms with E-state index in [4.69, 9.17) is 0 Å². The normalized spacial score (nSPS) is 20.5. The third-order valence-electron chi connectivity index (χ3n) is 5.68. The largest absolute Gasteiger partial charge is 0.336 e. The predicted octanol–water partition coefficient (Wildman–Crippen LogP) is 2.24. The summed E-state index contributed by atoms with van der Waals surface area (Å²) in [5, 5.41) is 13.4. The molecule has 1 aliphatic heterocycles. The van der Waals surface area contributed by atoms with Crippen LogP contribution in [0, 0.1) is 16.7 Å². The van der Waals surface area contributed by atoms with Crippen LogP contribution in [0.2, 0.25) is 0 Å². The standard InChI is InChI=1S/C21H23N5O2/c1-16-14-24(10-11-25(16)19(27)13-21(15-22)6-7-21)20(28)17-4-2-5-18(12-17)26-9-3-8-23-26/h2-5,8-9,12,16H,6-7,10-11,13-14H2,1H3. The molecule has 2 amide bonds. The second-order valence-electron chi connectivity index (χ2n) is 7.76. The molecule has 7 heteroatoms. The van der Waals surface area contributed by atoms with Crippen LogP contribution in [0.1, 0.15) is 36.5 Å². The molecule has 4 rings (SSSR count). The smallest absolute Gasteiger partial charge is 0.254 e. The number of benzene rings is 1. The van der Waals surface area contributed by atoms with Crippen LogP contribution in [0.3, 0.4) is 0 Å². The molecule has 1 saturated carbocycles. The summed E-state index contributed by atoms with van der Waals surface area (Å²) in [5.41, 5.74) is 1.02. The number of rotatable bonds is 4. The van der Waals surface area contributed by atoms with Gasteiger partial charge in [0.15, 0.2) is 0 Å². The average molecular weight is 377 g/mol. The molecule has 2 aromatic rings. The highest BCUT2D eigenvalue weighted by Gasteiger charge is 2.46. The molecule has 1 aromatic carbocycles. The molecule has 144 valence electrons.